The Labute approximate surface area is 135 Å². The van der Waals surface area contributed by atoms with Crippen molar-refractivity contribution in [3.05, 3.63) is 53.9 Å². The van der Waals surface area contributed by atoms with Crippen LogP contribution in [0.4, 0.5) is 0 Å². The molecule has 0 N–H and O–H groups in total. The molecular formula is C18H21N3S. The molecule has 0 radical (unpaired) electrons. The highest BCUT2D eigenvalue weighted by Gasteiger charge is 2.11. The Hall–Kier alpha value is -1.81. The molecule has 114 valence electrons. The van der Waals surface area contributed by atoms with Gasteiger partial charge < -0.3 is 4.57 Å². The second-order valence-electron chi connectivity index (χ2n) is 5.32. The Kier molecular flexibility index (Phi) is 4.78. The minimum Gasteiger partial charge on any atom is -0.306 e. The van der Waals surface area contributed by atoms with Crippen molar-refractivity contribution in [1.29, 1.82) is 0 Å². The van der Waals surface area contributed by atoms with Crippen molar-refractivity contribution in [2.45, 2.75) is 44.1 Å². The van der Waals surface area contributed by atoms with Gasteiger partial charge in [0.15, 0.2) is 5.16 Å². The molecule has 22 heavy (non-hydrogen) atoms. The third-order valence-corrected chi connectivity index (χ3v) is 4.84. The zero-order chi connectivity index (χ0) is 15.4. The van der Waals surface area contributed by atoms with Crippen LogP contribution in [-0.4, -0.2) is 14.8 Å². The summed E-state index contributed by atoms with van der Waals surface area (Å²) in [6.07, 6.45) is 2.10. The summed E-state index contributed by atoms with van der Waals surface area (Å²) in [6.45, 7) is 5.27. The minimum absolute atomic E-state index is 0.922. The summed E-state index contributed by atoms with van der Waals surface area (Å²) in [4.78, 5) is 0. The van der Waals surface area contributed by atoms with Gasteiger partial charge in [-0.1, -0.05) is 61.2 Å². The quantitative estimate of drug-likeness (QED) is 0.618. The second kappa shape index (κ2) is 6.97. The van der Waals surface area contributed by atoms with Crippen LogP contribution < -0.4 is 0 Å². The van der Waals surface area contributed by atoms with Crippen molar-refractivity contribution in [2.24, 2.45) is 0 Å². The van der Waals surface area contributed by atoms with Gasteiger partial charge in [0.05, 0.1) is 0 Å². The average Bonchev–Trinajstić information content (AvgIpc) is 2.95. The lowest BCUT2D eigenvalue weighted by molar-refractivity contribution is 0.634. The lowest BCUT2D eigenvalue weighted by atomic mass is 10.1. The van der Waals surface area contributed by atoms with Crippen molar-refractivity contribution in [2.75, 3.05) is 0 Å². The fourth-order valence-corrected chi connectivity index (χ4v) is 3.74. The average molecular weight is 311 g/mol. The molecule has 3 aromatic rings. The van der Waals surface area contributed by atoms with Crippen molar-refractivity contribution >= 4 is 22.5 Å². The Balaban J connectivity index is 1.82. The van der Waals surface area contributed by atoms with E-state index in [1.807, 2.05) is 0 Å². The minimum atomic E-state index is 0.922. The fraction of sp³-hybridized carbons (Fsp3) is 0.333. The predicted octanol–water partition coefficient (Wildman–Crippen LogP) is 4.70. The number of aromatic nitrogens is 3. The van der Waals surface area contributed by atoms with Gasteiger partial charge in [-0.25, -0.2) is 0 Å². The van der Waals surface area contributed by atoms with Crippen LogP contribution in [0.5, 0.6) is 0 Å². The number of rotatable bonds is 6. The third kappa shape index (κ3) is 3.02. The standard InChI is InChI=1S/C18H21N3S/c1-3-8-17-19-20-18(21(17)4-2)22-13-15-11-7-10-14-9-5-6-12-16(14)15/h5-7,9-12H,3-4,8,13H2,1-2H3. The van der Waals surface area contributed by atoms with E-state index in [9.17, 15) is 0 Å². The fourth-order valence-electron chi connectivity index (χ4n) is 2.71. The van der Waals surface area contributed by atoms with E-state index in [0.29, 0.717) is 0 Å². The largest absolute Gasteiger partial charge is 0.306 e. The highest BCUT2D eigenvalue weighted by molar-refractivity contribution is 7.98. The Morgan fingerprint density at radius 1 is 1.00 bits per heavy atom. The molecule has 0 saturated heterocycles. The van der Waals surface area contributed by atoms with Crippen LogP contribution in [0.3, 0.4) is 0 Å². The van der Waals surface area contributed by atoms with Crippen LogP contribution in [0.25, 0.3) is 10.8 Å². The number of fused-ring (bicyclic) bond motifs is 1. The molecule has 0 atom stereocenters. The molecule has 0 spiro atoms. The Morgan fingerprint density at radius 3 is 2.64 bits per heavy atom. The van der Waals surface area contributed by atoms with Crippen LogP contribution in [0.15, 0.2) is 47.6 Å². The molecular weight excluding hydrogens is 290 g/mol. The number of hydrogen-bond donors (Lipinski definition) is 0. The summed E-state index contributed by atoms with van der Waals surface area (Å²) < 4.78 is 2.24. The molecule has 3 nitrogen and oxygen atoms in total. The second-order valence-corrected chi connectivity index (χ2v) is 6.26. The lowest BCUT2D eigenvalue weighted by Gasteiger charge is -2.08. The predicted molar refractivity (Wildman–Crippen MR) is 93.2 cm³/mol. The normalized spacial score (nSPS) is 11.2. The third-order valence-electron chi connectivity index (χ3n) is 3.82. The molecule has 0 unspecified atom stereocenters. The zero-order valence-electron chi connectivity index (χ0n) is 13.1. The molecule has 1 aromatic heterocycles. The van der Waals surface area contributed by atoms with Crippen LogP contribution in [0, 0.1) is 0 Å². The van der Waals surface area contributed by atoms with E-state index in [2.05, 4.69) is 71.1 Å². The van der Waals surface area contributed by atoms with Crippen LogP contribution in [0.1, 0.15) is 31.7 Å². The molecule has 0 aliphatic heterocycles. The van der Waals surface area contributed by atoms with Gasteiger partial charge in [-0.3, -0.25) is 0 Å². The van der Waals surface area contributed by atoms with E-state index in [0.717, 1.165) is 36.1 Å². The first-order valence-corrected chi connectivity index (χ1v) is 8.83. The van der Waals surface area contributed by atoms with Gasteiger partial charge in [0, 0.05) is 18.7 Å². The van der Waals surface area contributed by atoms with Gasteiger partial charge >= 0.3 is 0 Å². The van der Waals surface area contributed by atoms with E-state index < -0.39 is 0 Å². The van der Waals surface area contributed by atoms with Crippen LogP contribution in [-0.2, 0) is 18.7 Å². The van der Waals surface area contributed by atoms with Crippen molar-refractivity contribution in [3.8, 4) is 0 Å². The molecule has 1 heterocycles. The van der Waals surface area contributed by atoms with Gasteiger partial charge in [-0.15, -0.1) is 10.2 Å². The summed E-state index contributed by atoms with van der Waals surface area (Å²) >= 11 is 1.78. The number of aryl methyl sites for hydroxylation is 1. The zero-order valence-corrected chi connectivity index (χ0v) is 13.9. The number of benzene rings is 2. The maximum Gasteiger partial charge on any atom is 0.191 e. The summed E-state index contributed by atoms with van der Waals surface area (Å²) in [7, 11) is 0. The van der Waals surface area contributed by atoms with Gasteiger partial charge in [0.2, 0.25) is 0 Å². The van der Waals surface area contributed by atoms with Gasteiger partial charge in [-0.05, 0) is 29.7 Å². The monoisotopic (exact) mass is 311 g/mol. The molecule has 2 aromatic carbocycles. The van der Waals surface area contributed by atoms with E-state index in [-0.39, 0.29) is 0 Å². The Morgan fingerprint density at radius 2 is 1.82 bits per heavy atom. The highest BCUT2D eigenvalue weighted by atomic mass is 32.2. The molecule has 0 fully saturated rings. The van der Waals surface area contributed by atoms with E-state index >= 15 is 0 Å². The summed E-state index contributed by atoms with van der Waals surface area (Å²) in [5.74, 6) is 2.02. The van der Waals surface area contributed by atoms with Crippen LogP contribution in [0.2, 0.25) is 0 Å². The van der Waals surface area contributed by atoms with Gasteiger partial charge in [0.25, 0.3) is 0 Å². The molecule has 0 amide bonds. The van der Waals surface area contributed by atoms with Crippen molar-refractivity contribution in [1.82, 2.24) is 14.8 Å². The SMILES string of the molecule is CCCc1nnc(SCc2cccc3ccccc23)n1CC. The number of thioether (sulfide) groups is 1. The number of hydrogen-bond acceptors (Lipinski definition) is 3. The Bertz CT molecular complexity index is 759. The van der Waals surface area contributed by atoms with Crippen molar-refractivity contribution in [3.63, 3.8) is 0 Å². The molecule has 0 aliphatic carbocycles. The van der Waals surface area contributed by atoms with E-state index in [1.165, 1.54) is 16.3 Å². The van der Waals surface area contributed by atoms with E-state index in [1.54, 1.807) is 11.8 Å². The lowest BCUT2D eigenvalue weighted by Crippen LogP contribution is -2.03. The summed E-state index contributed by atoms with van der Waals surface area (Å²) in [5.41, 5.74) is 1.35. The first kappa shape index (κ1) is 15.1. The first-order valence-electron chi connectivity index (χ1n) is 7.85. The summed E-state index contributed by atoms with van der Waals surface area (Å²) in [6, 6.07) is 15.0. The topological polar surface area (TPSA) is 30.7 Å². The van der Waals surface area contributed by atoms with Gasteiger partial charge in [-0.2, -0.15) is 0 Å². The van der Waals surface area contributed by atoms with Crippen molar-refractivity contribution < 1.29 is 0 Å². The smallest absolute Gasteiger partial charge is 0.191 e. The van der Waals surface area contributed by atoms with Crippen LogP contribution >= 0.6 is 11.8 Å². The highest BCUT2D eigenvalue weighted by Crippen LogP contribution is 2.27. The van der Waals surface area contributed by atoms with Gasteiger partial charge in [0.1, 0.15) is 5.82 Å². The molecule has 3 rings (SSSR count). The summed E-state index contributed by atoms with van der Waals surface area (Å²) in [5, 5.41) is 12.4. The molecule has 0 saturated carbocycles. The maximum atomic E-state index is 4.38. The maximum absolute atomic E-state index is 4.38. The molecule has 0 bridgehead atoms. The van der Waals surface area contributed by atoms with E-state index in [4.69, 9.17) is 0 Å². The number of nitrogens with zero attached hydrogens (tertiary/aromatic N) is 3. The molecule has 4 heteroatoms. The first-order chi connectivity index (χ1) is 10.8. The molecule has 0 aliphatic rings.